The minimum atomic E-state index is 0.404. The van der Waals surface area contributed by atoms with Gasteiger partial charge in [0.15, 0.2) is 5.76 Å². The number of para-hydroxylation sites is 1. The van der Waals surface area contributed by atoms with E-state index in [2.05, 4.69) is 24.3 Å². The van der Waals surface area contributed by atoms with Gasteiger partial charge in [-0.15, -0.1) is 0 Å². The van der Waals surface area contributed by atoms with Gasteiger partial charge in [0, 0.05) is 12.6 Å². The lowest BCUT2D eigenvalue weighted by atomic mass is 10.2. The average Bonchev–Trinajstić information content (AvgIpc) is 2.85. The molecule has 0 saturated heterocycles. The van der Waals surface area contributed by atoms with Gasteiger partial charge < -0.3 is 14.6 Å². The maximum absolute atomic E-state index is 5.59. The van der Waals surface area contributed by atoms with Gasteiger partial charge in [0.2, 0.25) is 0 Å². The fourth-order valence-corrected chi connectivity index (χ4v) is 1.67. The predicted molar refractivity (Wildman–Crippen MR) is 73.8 cm³/mol. The molecule has 0 aliphatic carbocycles. The number of nitrogens with zero attached hydrogens (tertiary/aromatic N) is 1. The van der Waals surface area contributed by atoms with Crippen LogP contribution in [0.15, 0.2) is 40.9 Å². The predicted octanol–water partition coefficient (Wildman–Crippen LogP) is 3.00. The molecule has 0 fully saturated rings. The summed E-state index contributed by atoms with van der Waals surface area (Å²) < 4.78 is 10.8. The van der Waals surface area contributed by atoms with E-state index in [0.717, 1.165) is 30.3 Å². The second kappa shape index (κ2) is 6.95. The lowest BCUT2D eigenvalue weighted by Crippen LogP contribution is -2.19. The molecule has 0 spiro atoms. The van der Waals surface area contributed by atoms with Crippen LogP contribution in [-0.4, -0.2) is 11.7 Å². The average molecular weight is 260 g/mol. The summed E-state index contributed by atoms with van der Waals surface area (Å²) in [6.07, 6.45) is 0. The fraction of sp³-hybridized carbons (Fsp3) is 0.400. The van der Waals surface area contributed by atoms with Gasteiger partial charge in [0.05, 0.1) is 5.69 Å². The molecule has 0 atom stereocenters. The zero-order valence-electron chi connectivity index (χ0n) is 11.4. The number of nitrogens with one attached hydrogen (secondary N) is 1. The normalized spacial score (nSPS) is 10.9. The second-order valence-electron chi connectivity index (χ2n) is 4.91. The fourth-order valence-electron chi connectivity index (χ4n) is 1.67. The molecule has 0 unspecified atom stereocenters. The molecular weight excluding hydrogens is 240 g/mol. The van der Waals surface area contributed by atoms with Crippen molar-refractivity contribution in [3.63, 3.8) is 0 Å². The van der Waals surface area contributed by atoms with Gasteiger partial charge in [-0.2, -0.15) is 0 Å². The van der Waals surface area contributed by atoms with Gasteiger partial charge in [-0.25, -0.2) is 0 Å². The summed E-state index contributed by atoms with van der Waals surface area (Å²) in [4.78, 5) is 0. The third kappa shape index (κ3) is 4.75. The molecule has 102 valence electrons. The number of aromatic nitrogens is 1. The molecule has 4 heteroatoms. The Morgan fingerprint density at radius 3 is 2.79 bits per heavy atom. The quantitative estimate of drug-likeness (QED) is 0.831. The first-order chi connectivity index (χ1) is 9.24. The van der Waals surface area contributed by atoms with Crippen LogP contribution < -0.4 is 10.1 Å². The molecule has 0 radical (unpaired) electrons. The minimum absolute atomic E-state index is 0.404. The van der Waals surface area contributed by atoms with Crippen LogP contribution in [0.4, 0.5) is 0 Å². The van der Waals surface area contributed by atoms with Crippen molar-refractivity contribution in [2.45, 2.75) is 27.0 Å². The number of hydrogen-bond acceptors (Lipinski definition) is 4. The Morgan fingerprint density at radius 2 is 2.05 bits per heavy atom. The highest BCUT2D eigenvalue weighted by molar-refractivity contribution is 5.21. The Bertz CT molecular complexity index is 480. The van der Waals surface area contributed by atoms with Crippen molar-refractivity contribution in [2.75, 3.05) is 6.54 Å². The van der Waals surface area contributed by atoms with Crippen molar-refractivity contribution >= 4 is 0 Å². The monoisotopic (exact) mass is 260 g/mol. The number of rotatable bonds is 7. The minimum Gasteiger partial charge on any atom is -0.486 e. The summed E-state index contributed by atoms with van der Waals surface area (Å²) in [5.41, 5.74) is 0.910. The summed E-state index contributed by atoms with van der Waals surface area (Å²) in [5, 5.41) is 7.33. The summed E-state index contributed by atoms with van der Waals surface area (Å²) >= 11 is 0. The third-order valence-electron chi connectivity index (χ3n) is 2.59. The lowest BCUT2D eigenvalue weighted by Gasteiger charge is -2.04. The van der Waals surface area contributed by atoms with Crippen LogP contribution in [0.2, 0.25) is 0 Å². The molecule has 0 amide bonds. The molecule has 1 aromatic heterocycles. The Kier molecular flexibility index (Phi) is 4.98. The molecule has 4 nitrogen and oxygen atoms in total. The maximum Gasteiger partial charge on any atom is 0.174 e. The summed E-state index contributed by atoms with van der Waals surface area (Å²) in [6.45, 7) is 6.46. The first-order valence-electron chi connectivity index (χ1n) is 6.57. The largest absolute Gasteiger partial charge is 0.486 e. The topological polar surface area (TPSA) is 47.3 Å². The zero-order valence-corrected chi connectivity index (χ0v) is 11.4. The molecule has 2 rings (SSSR count). The third-order valence-corrected chi connectivity index (χ3v) is 2.59. The van der Waals surface area contributed by atoms with Crippen molar-refractivity contribution in [3.05, 3.63) is 47.9 Å². The SMILES string of the molecule is CC(C)CNCc1cc(COc2ccccc2)on1. The van der Waals surface area contributed by atoms with Crippen molar-refractivity contribution in [1.82, 2.24) is 10.5 Å². The number of hydrogen-bond donors (Lipinski definition) is 1. The Hall–Kier alpha value is -1.81. The van der Waals surface area contributed by atoms with Crippen LogP contribution in [0, 0.1) is 5.92 Å². The smallest absolute Gasteiger partial charge is 0.174 e. The highest BCUT2D eigenvalue weighted by Gasteiger charge is 2.05. The molecule has 19 heavy (non-hydrogen) atoms. The summed E-state index contributed by atoms with van der Waals surface area (Å²) in [5.74, 6) is 2.20. The van der Waals surface area contributed by atoms with E-state index < -0.39 is 0 Å². The number of ether oxygens (including phenoxy) is 1. The molecule has 1 N–H and O–H groups in total. The Balaban J connectivity index is 1.77. The lowest BCUT2D eigenvalue weighted by molar-refractivity contribution is 0.248. The van der Waals surface area contributed by atoms with Crippen LogP contribution in [0.3, 0.4) is 0 Å². The molecule has 1 heterocycles. The van der Waals surface area contributed by atoms with Crippen molar-refractivity contribution in [2.24, 2.45) is 5.92 Å². The van der Waals surface area contributed by atoms with Gasteiger partial charge in [0.1, 0.15) is 12.4 Å². The zero-order chi connectivity index (χ0) is 13.5. The Morgan fingerprint density at radius 1 is 1.26 bits per heavy atom. The molecular formula is C15H20N2O2. The highest BCUT2D eigenvalue weighted by atomic mass is 16.5. The van der Waals surface area contributed by atoms with E-state index in [1.807, 2.05) is 36.4 Å². The molecule has 0 aliphatic heterocycles. The van der Waals surface area contributed by atoms with Gasteiger partial charge in [0.25, 0.3) is 0 Å². The van der Waals surface area contributed by atoms with E-state index >= 15 is 0 Å². The van der Waals surface area contributed by atoms with Gasteiger partial charge in [-0.05, 0) is 24.6 Å². The van der Waals surface area contributed by atoms with E-state index in [1.54, 1.807) is 0 Å². The van der Waals surface area contributed by atoms with E-state index in [1.165, 1.54) is 0 Å². The van der Waals surface area contributed by atoms with Gasteiger partial charge in [-0.1, -0.05) is 37.2 Å². The van der Waals surface area contributed by atoms with E-state index in [4.69, 9.17) is 9.26 Å². The van der Waals surface area contributed by atoms with E-state index in [9.17, 15) is 0 Å². The van der Waals surface area contributed by atoms with Crippen LogP contribution in [-0.2, 0) is 13.2 Å². The van der Waals surface area contributed by atoms with E-state index in [0.29, 0.717) is 12.5 Å². The molecule has 2 aromatic rings. The van der Waals surface area contributed by atoms with Crippen molar-refractivity contribution in [1.29, 1.82) is 0 Å². The molecule has 0 saturated carbocycles. The van der Waals surface area contributed by atoms with Crippen molar-refractivity contribution in [3.8, 4) is 5.75 Å². The molecule has 0 aliphatic rings. The first kappa shape index (κ1) is 13.6. The standard InChI is InChI=1S/C15H20N2O2/c1-12(2)9-16-10-13-8-15(19-17-13)11-18-14-6-4-3-5-7-14/h3-8,12,16H,9-11H2,1-2H3. The molecule has 0 bridgehead atoms. The summed E-state index contributed by atoms with van der Waals surface area (Å²) in [7, 11) is 0. The highest BCUT2D eigenvalue weighted by Crippen LogP contribution is 2.12. The van der Waals surface area contributed by atoms with Crippen LogP contribution in [0.5, 0.6) is 5.75 Å². The van der Waals surface area contributed by atoms with Crippen LogP contribution in [0.25, 0.3) is 0 Å². The van der Waals surface area contributed by atoms with Gasteiger partial charge in [-0.3, -0.25) is 0 Å². The van der Waals surface area contributed by atoms with Crippen molar-refractivity contribution < 1.29 is 9.26 Å². The second-order valence-corrected chi connectivity index (χ2v) is 4.91. The van der Waals surface area contributed by atoms with E-state index in [-0.39, 0.29) is 0 Å². The van der Waals surface area contributed by atoms with Crippen LogP contribution >= 0.6 is 0 Å². The first-order valence-corrected chi connectivity index (χ1v) is 6.57. The summed E-state index contributed by atoms with van der Waals surface area (Å²) in [6, 6.07) is 11.6. The van der Waals surface area contributed by atoms with Gasteiger partial charge >= 0.3 is 0 Å². The molecule has 1 aromatic carbocycles. The maximum atomic E-state index is 5.59. The number of benzene rings is 1. The Labute approximate surface area is 113 Å². The van der Waals surface area contributed by atoms with Crippen LogP contribution in [0.1, 0.15) is 25.3 Å².